The summed E-state index contributed by atoms with van der Waals surface area (Å²) in [4.78, 5) is 13.0. The molecule has 0 heterocycles. The van der Waals surface area contributed by atoms with E-state index in [1.54, 1.807) is 13.1 Å². The number of carbonyl (C=O) groups excluding carboxylic acids is 1. The molecule has 0 saturated heterocycles. The highest BCUT2D eigenvalue weighted by molar-refractivity contribution is 9.10. The van der Waals surface area contributed by atoms with Crippen molar-refractivity contribution in [3.05, 3.63) is 28.5 Å². The number of likely N-dealkylation sites (N-methyl/N-ethyl adjacent to an activating group) is 1. The number of amides is 1. The first-order valence-electron chi connectivity index (χ1n) is 5.22. The third-order valence-corrected chi connectivity index (χ3v) is 2.64. The van der Waals surface area contributed by atoms with Crippen LogP contribution in [0.1, 0.15) is 6.42 Å². The van der Waals surface area contributed by atoms with Crippen molar-refractivity contribution in [3.63, 3.8) is 0 Å². The van der Waals surface area contributed by atoms with Crippen LogP contribution in [0.15, 0.2) is 22.7 Å². The van der Waals surface area contributed by atoms with Crippen molar-refractivity contribution in [2.24, 2.45) is 0 Å². The lowest BCUT2D eigenvalue weighted by Gasteiger charge is -2.15. The largest absolute Gasteiger partial charge is 0.484 e. The van der Waals surface area contributed by atoms with Crippen molar-refractivity contribution >= 4 is 21.8 Å². The van der Waals surface area contributed by atoms with E-state index in [1.165, 1.54) is 17.0 Å². The topological polar surface area (TPSA) is 53.3 Å². The molecule has 0 radical (unpaired) electrons. The van der Waals surface area contributed by atoms with E-state index in [0.29, 0.717) is 11.0 Å². The average molecular weight is 315 g/mol. The molecule has 6 heteroatoms. The summed E-state index contributed by atoms with van der Waals surface area (Å²) in [7, 11) is 1.59. The zero-order valence-electron chi connectivity index (χ0n) is 9.82. The maximum atomic E-state index is 13.0. The van der Waals surface area contributed by atoms with Gasteiger partial charge in [-0.1, -0.05) is 15.9 Å². The van der Waals surface area contributed by atoms with Gasteiger partial charge in [0.2, 0.25) is 0 Å². The van der Waals surface area contributed by atoms with Crippen molar-refractivity contribution in [1.29, 1.82) is 5.26 Å². The fraction of sp³-hybridized carbons (Fsp3) is 0.333. The van der Waals surface area contributed by atoms with Gasteiger partial charge in [0.1, 0.15) is 11.6 Å². The van der Waals surface area contributed by atoms with Crippen LogP contribution < -0.4 is 4.74 Å². The van der Waals surface area contributed by atoms with Gasteiger partial charge in [-0.2, -0.15) is 5.26 Å². The van der Waals surface area contributed by atoms with Crippen LogP contribution in [-0.4, -0.2) is 31.0 Å². The smallest absolute Gasteiger partial charge is 0.260 e. The first-order valence-corrected chi connectivity index (χ1v) is 6.02. The fourth-order valence-electron chi connectivity index (χ4n) is 1.21. The molecule has 4 nitrogen and oxygen atoms in total. The van der Waals surface area contributed by atoms with Gasteiger partial charge in [-0.15, -0.1) is 0 Å². The number of rotatable bonds is 5. The molecule has 0 atom stereocenters. The predicted molar refractivity (Wildman–Crippen MR) is 67.5 cm³/mol. The van der Waals surface area contributed by atoms with Gasteiger partial charge in [-0.3, -0.25) is 4.79 Å². The summed E-state index contributed by atoms with van der Waals surface area (Å²) in [6.45, 7) is 0.170. The highest BCUT2D eigenvalue weighted by atomic mass is 79.9. The molecule has 0 bridgehead atoms. The van der Waals surface area contributed by atoms with Gasteiger partial charge >= 0.3 is 0 Å². The molecule has 0 saturated carbocycles. The molecule has 0 fully saturated rings. The summed E-state index contributed by atoms with van der Waals surface area (Å²) in [5.41, 5.74) is 0. The van der Waals surface area contributed by atoms with E-state index in [0.717, 1.165) is 0 Å². The molecule has 0 spiro atoms. The first kappa shape index (κ1) is 14.5. The lowest BCUT2D eigenvalue weighted by Crippen LogP contribution is -2.32. The Balaban J connectivity index is 2.49. The van der Waals surface area contributed by atoms with E-state index >= 15 is 0 Å². The molecule has 0 aliphatic rings. The lowest BCUT2D eigenvalue weighted by molar-refractivity contribution is -0.131. The normalized spacial score (nSPS) is 9.67. The molecule has 0 aliphatic carbocycles. The maximum Gasteiger partial charge on any atom is 0.260 e. The Labute approximate surface area is 113 Å². The van der Waals surface area contributed by atoms with Crippen LogP contribution in [-0.2, 0) is 4.79 Å². The van der Waals surface area contributed by atoms with Gasteiger partial charge in [0, 0.05) is 24.1 Å². The molecule has 0 unspecified atom stereocenters. The second kappa shape index (κ2) is 6.97. The zero-order chi connectivity index (χ0) is 13.5. The summed E-state index contributed by atoms with van der Waals surface area (Å²) in [6, 6.07) is 6.03. The van der Waals surface area contributed by atoms with E-state index in [9.17, 15) is 9.18 Å². The average Bonchev–Trinajstić information content (AvgIpc) is 2.31. The van der Waals surface area contributed by atoms with Gasteiger partial charge in [0.05, 0.1) is 12.5 Å². The number of hydrogen-bond donors (Lipinski definition) is 0. The maximum absolute atomic E-state index is 13.0. The lowest BCUT2D eigenvalue weighted by atomic mass is 10.3. The minimum absolute atomic E-state index is 0.183. The number of benzene rings is 1. The zero-order valence-corrected chi connectivity index (χ0v) is 11.4. The van der Waals surface area contributed by atoms with Crippen molar-refractivity contribution < 1.29 is 13.9 Å². The Morgan fingerprint density at radius 3 is 2.89 bits per heavy atom. The van der Waals surface area contributed by atoms with Crippen LogP contribution in [0.25, 0.3) is 0 Å². The molecule has 1 aromatic rings. The molecule has 0 aromatic heterocycles. The van der Waals surface area contributed by atoms with Crippen LogP contribution in [0.2, 0.25) is 0 Å². The Hall–Kier alpha value is -1.61. The third kappa shape index (κ3) is 4.72. The van der Waals surface area contributed by atoms with E-state index in [-0.39, 0.29) is 24.7 Å². The quantitative estimate of drug-likeness (QED) is 0.838. The summed E-state index contributed by atoms with van der Waals surface area (Å²) in [6.07, 6.45) is 0.272. The Kier molecular flexibility index (Phi) is 5.59. The highest BCUT2D eigenvalue weighted by Gasteiger charge is 2.09. The van der Waals surface area contributed by atoms with Crippen LogP contribution in [0, 0.1) is 17.1 Å². The van der Waals surface area contributed by atoms with Crippen LogP contribution >= 0.6 is 15.9 Å². The second-order valence-corrected chi connectivity index (χ2v) is 4.53. The van der Waals surface area contributed by atoms with Crippen LogP contribution in [0.5, 0.6) is 5.75 Å². The van der Waals surface area contributed by atoms with Gasteiger partial charge in [0.25, 0.3) is 5.91 Å². The predicted octanol–water partition coefficient (Wildman–Crippen LogP) is 2.34. The number of nitriles is 1. The van der Waals surface area contributed by atoms with Gasteiger partial charge in [0.15, 0.2) is 6.61 Å². The molecular formula is C12H12BrFN2O2. The summed E-state index contributed by atoms with van der Waals surface area (Å²) in [5.74, 6) is -0.417. The fourth-order valence-corrected chi connectivity index (χ4v) is 1.65. The first-order chi connectivity index (χ1) is 8.52. The standard InChI is InChI=1S/C12H12BrFN2O2/c1-16(4-2-3-15)12(17)8-18-11-6-9(13)5-10(14)7-11/h5-7H,2,4,8H2,1H3. The molecule has 1 amide bonds. The molecule has 0 aliphatic heterocycles. The summed E-state index contributed by atoms with van der Waals surface area (Å²) in [5, 5.41) is 8.40. The summed E-state index contributed by atoms with van der Waals surface area (Å²) >= 11 is 3.13. The van der Waals surface area contributed by atoms with Crippen molar-refractivity contribution in [2.45, 2.75) is 6.42 Å². The van der Waals surface area contributed by atoms with Gasteiger partial charge in [-0.25, -0.2) is 4.39 Å². The highest BCUT2D eigenvalue weighted by Crippen LogP contribution is 2.20. The minimum atomic E-state index is -0.440. The molecule has 1 aromatic carbocycles. The minimum Gasteiger partial charge on any atom is -0.484 e. The Morgan fingerprint density at radius 1 is 1.56 bits per heavy atom. The molecule has 0 N–H and O–H groups in total. The van der Waals surface area contributed by atoms with Crippen LogP contribution in [0.4, 0.5) is 4.39 Å². The van der Waals surface area contributed by atoms with E-state index in [2.05, 4.69) is 15.9 Å². The van der Waals surface area contributed by atoms with E-state index in [4.69, 9.17) is 10.00 Å². The number of nitrogens with zero attached hydrogens (tertiary/aromatic N) is 2. The Morgan fingerprint density at radius 2 is 2.28 bits per heavy atom. The van der Waals surface area contributed by atoms with E-state index in [1.807, 2.05) is 6.07 Å². The van der Waals surface area contributed by atoms with Gasteiger partial charge < -0.3 is 9.64 Å². The number of hydrogen-bond acceptors (Lipinski definition) is 3. The number of ether oxygens (including phenoxy) is 1. The molecule has 1 rings (SSSR count). The SMILES string of the molecule is CN(CCC#N)C(=O)COc1cc(F)cc(Br)c1. The van der Waals surface area contributed by atoms with E-state index < -0.39 is 5.82 Å². The monoisotopic (exact) mass is 314 g/mol. The van der Waals surface area contributed by atoms with Crippen molar-refractivity contribution in [1.82, 2.24) is 4.90 Å². The third-order valence-electron chi connectivity index (χ3n) is 2.18. The van der Waals surface area contributed by atoms with Crippen molar-refractivity contribution in [3.8, 4) is 11.8 Å². The number of carbonyl (C=O) groups is 1. The van der Waals surface area contributed by atoms with Crippen LogP contribution in [0.3, 0.4) is 0 Å². The molecule has 96 valence electrons. The summed E-state index contributed by atoms with van der Waals surface area (Å²) < 4.78 is 18.8. The molecule has 18 heavy (non-hydrogen) atoms. The van der Waals surface area contributed by atoms with Crippen molar-refractivity contribution in [2.75, 3.05) is 20.2 Å². The second-order valence-electron chi connectivity index (χ2n) is 3.62. The molecular weight excluding hydrogens is 303 g/mol. The number of halogens is 2. The Bertz CT molecular complexity index is 453. The van der Waals surface area contributed by atoms with Gasteiger partial charge in [-0.05, 0) is 12.1 Å².